The maximum atomic E-state index is 17.0. The predicted molar refractivity (Wildman–Crippen MR) is 369 cm³/mol. The van der Waals surface area contributed by atoms with Crippen LogP contribution < -0.4 is 26.2 Å². The maximum absolute atomic E-state index is 17.0. The number of fused-ring (bicyclic) bond motifs is 3. The number of nitrogens with one attached hydrogen (secondary N) is 4. The number of rotatable bonds is 40. The zero-order chi connectivity index (χ0) is 69.9. The van der Waals surface area contributed by atoms with Crippen molar-refractivity contribution >= 4 is 92.2 Å². The third-order valence-corrected chi connectivity index (χ3v) is 16.4. The number of anilines is 3. The lowest BCUT2D eigenvalue weighted by Crippen LogP contribution is -2.52. The van der Waals surface area contributed by atoms with Crippen LogP contribution in [0.1, 0.15) is 60.7 Å². The molecule has 2 fully saturated rings. The monoisotopic (exact) mass is 1420 g/mol. The molecule has 0 spiro atoms. The van der Waals surface area contributed by atoms with Gasteiger partial charge in [0.1, 0.15) is 28.7 Å². The third kappa shape index (κ3) is 23.5. The van der Waals surface area contributed by atoms with E-state index >= 15 is 4.39 Å². The Morgan fingerprint density at radius 1 is 0.657 bits per heavy atom. The van der Waals surface area contributed by atoms with Crippen molar-refractivity contribution < 1.29 is 85.6 Å². The largest absolute Gasteiger partial charge is 0.508 e. The summed E-state index contributed by atoms with van der Waals surface area (Å²) in [6.45, 7) is 15.8. The standard InChI is InChI=1S/C70H88Cl2FN9O17/c1-70(2,3)99-69(88)81-16-14-80(15-17-81)64-57-44-58(72)61(56-43-53(83)41-49-6-4-5-7-54(49)56)62(73)63(57)78-67(79-64)74-13-19-90-21-23-92-25-27-94-29-31-96-33-35-98-37-36-97-34-32-95-30-28-93-26-24-91-22-20-89-18-12-47-39-51(71)42-52(40-47)76-68(87)75-45-48-8-9-55-50(38-48)46-82(66(55)86)59-10-11-60(84)77-65(59)85/h4-9,38-44,59,83H,10-37,45-46H2,1-3H3,(H,74,78,79)(H2,75,76,87)(H,77,84,85). The second-order valence-corrected chi connectivity index (χ2v) is 25.2. The highest BCUT2D eigenvalue weighted by atomic mass is 35.5. The number of piperidine rings is 1. The molecule has 0 bridgehead atoms. The molecule has 29 heteroatoms. The van der Waals surface area contributed by atoms with Crippen LogP contribution in [0.5, 0.6) is 5.75 Å². The number of phenolic OH excluding ortho intramolecular Hbond substituents is 1. The number of halogens is 3. The summed E-state index contributed by atoms with van der Waals surface area (Å²) < 4.78 is 78.9. The van der Waals surface area contributed by atoms with Crippen LogP contribution in [0.15, 0.2) is 78.9 Å². The minimum atomic E-state index is -0.697. The number of nitrogens with zero attached hydrogens (tertiary/aromatic N) is 5. The molecule has 1 unspecified atom stereocenters. The van der Waals surface area contributed by atoms with Crippen molar-refractivity contribution in [3.05, 3.63) is 117 Å². The molecule has 5 aromatic carbocycles. The van der Waals surface area contributed by atoms with Gasteiger partial charge < -0.3 is 87.9 Å². The second kappa shape index (κ2) is 38.8. The number of benzene rings is 5. The molecule has 99 heavy (non-hydrogen) atoms. The highest BCUT2D eigenvalue weighted by Gasteiger charge is 2.39. The first-order valence-electron chi connectivity index (χ1n) is 33.2. The van der Waals surface area contributed by atoms with Gasteiger partial charge in [-0.05, 0) is 109 Å². The van der Waals surface area contributed by atoms with Crippen LogP contribution in [0.2, 0.25) is 10.0 Å². The fraction of sp³-hybridized carbons (Fsp3) is 0.500. The Bertz CT molecular complexity index is 3680. The van der Waals surface area contributed by atoms with Crippen LogP contribution in [-0.4, -0.2) is 231 Å². The second-order valence-electron chi connectivity index (χ2n) is 24.3. The molecule has 0 aliphatic carbocycles. The fourth-order valence-corrected chi connectivity index (χ4v) is 11.7. The van der Waals surface area contributed by atoms with E-state index in [-0.39, 0.29) is 72.2 Å². The first kappa shape index (κ1) is 75.6. The van der Waals surface area contributed by atoms with Gasteiger partial charge in [0, 0.05) is 79.5 Å². The van der Waals surface area contributed by atoms with E-state index in [1.165, 1.54) is 11.0 Å². The average Bonchev–Trinajstić information content (AvgIpc) is 1.14. The minimum absolute atomic E-state index is 0.0297. The van der Waals surface area contributed by atoms with Crippen molar-refractivity contribution in [2.45, 2.75) is 64.8 Å². The number of aromatic hydroxyl groups is 1. The van der Waals surface area contributed by atoms with Crippen LogP contribution in [0.4, 0.5) is 31.4 Å². The SMILES string of the molecule is CC(C)(C)OC(=O)N1CCN(c2nc(NCCOCCOCCOCCOCCOCCOCCOCCOCCOCCOCCc3cc(Cl)cc(NC(=O)NCc4ccc5c(c4)CN(C4CCC(=O)NC4=O)C5=O)c3)nc3c(F)c(-c4cc(O)cc5ccccc45)c(Cl)cc23)CC1. The first-order chi connectivity index (χ1) is 48.0. The van der Waals surface area contributed by atoms with Gasteiger partial charge in [-0.2, -0.15) is 4.98 Å². The molecule has 3 aliphatic rings. The van der Waals surface area contributed by atoms with Crippen LogP contribution >= 0.6 is 23.2 Å². The van der Waals surface area contributed by atoms with Gasteiger partial charge in [0.05, 0.1) is 137 Å². The van der Waals surface area contributed by atoms with Crippen molar-refractivity contribution in [3.63, 3.8) is 0 Å². The van der Waals surface area contributed by atoms with E-state index in [1.54, 1.807) is 35.2 Å². The molecule has 536 valence electrons. The van der Waals surface area contributed by atoms with Crippen molar-refractivity contribution in [2.24, 2.45) is 0 Å². The zero-order valence-corrected chi connectivity index (χ0v) is 57.7. The van der Waals surface area contributed by atoms with Gasteiger partial charge in [0.25, 0.3) is 5.91 Å². The lowest BCUT2D eigenvalue weighted by atomic mass is 9.96. The van der Waals surface area contributed by atoms with Crippen molar-refractivity contribution in [2.75, 3.05) is 180 Å². The van der Waals surface area contributed by atoms with Gasteiger partial charge in [0.2, 0.25) is 17.8 Å². The lowest BCUT2D eigenvalue weighted by molar-refractivity contribution is -0.136. The van der Waals surface area contributed by atoms with Gasteiger partial charge in [-0.15, -0.1) is 0 Å². The van der Waals surface area contributed by atoms with E-state index in [2.05, 4.69) is 26.3 Å². The van der Waals surface area contributed by atoms with E-state index in [4.69, 9.17) is 80.3 Å². The van der Waals surface area contributed by atoms with E-state index in [0.29, 0.717) is 203 Å². The molecule has 9 rings (SSSR count). The van der Waals surface area contributed by atoms with Crippen LogP contribution in [0.25, 0.3) is 32.8 Å². The molecule has 1 aromatic heterocycles. The number of phenols is 1. The van der Waals surface area contributed by atoms with E-state index in [1.807, 2.05) is 68.1 Å². The number of ether oxygens (including phenoxy) is 11. The molecule has 0 saturated carbocycles. The number of hydrogen-bond donors (Lipinski definition) is 5. The number of piperazine rings is 1. The number of hydrogen-bond acceptors (Lipinski definition) is 21. The molecular weight excluding hydrogens is 1330 g/mol. The van der Waals surface area contributed by atoms with E-state index in [9.17, 15) is 29.1 Å². The van der Waals surface area contributed by atoms with Gasteiger partial charge in [-0.25, -0.2) is 19.0 Å². The van der Waals surface area contributed by atoms with Gasteiger partial charge >= 0.3 is 12.1 Å². The molecule has 6 amide bonds. The molecule has 26 nitrogen and oxygen atoms in total. The summed E-state index contributed by atoms with van der Waals surface area (Å²) >= 11 is 13.3. The number of carbonyl (C=O) groups excluding carboxylic acids is 5. The average molecular weight is 1420 g/mol. The predicted octanol–water partition coefficient (Wildman–Crippen LogP) is 8.56. The van der Waals surface area contributed by atoms with Gasteiger partial charge in [0.15, 0.2) is 5.82 Å². The topological polar surface area (TPSA) is 291 Å². The summed E-state index contributed by atoms with van der Waals surface area (Å²) in [5.41, 5.74) is 3.38. The summed E-state index contributed by atoms with van der Waals surface area (Å²) in [6, 6.07) is 21.6. The first-order valence-corrected chi connectivity index (χ1v) is 34.0. The molecule has 3 aliphatic heterocycles. The van der Waals surface area contributed by atoms with E-state index < -0.39 is 35.5 Å². The minimum Gasteiger partial charge on any atom is -0.508 e. The molecule has 4 heterocycles. The Kier molecular flexibility index (Phi) is 29.6. The molecule has 2 saturated heterocycles. The highest BCUT2D eigenvalue weighted by molar-refractivity contribution is 6.35. The van der Waals surface area contributed by atoms with Gasteiger partial charge in [-0.3, -0.25) is 19.7 Å². The number of imide groups is 1. The number of carbonyl (C=O) groups is 5. The lowest BCUT2D eigenvalue weighted by Gasteiger charge is -2.36. The number of aromatic nitrogens is 2. The smallest absolute Gasteiger partial charge is 0.410 e. The Hall–Kier alpha value is -7.64. The molecular formula is C70H88Cl2FN9O17. The van der Waals surface area contributed by atoms with Crippen LogP contribution in [0, 0.1) is 5.82 Å². The Balaban J connectivity index is 0.527. The molecule has 1 atom stereocenters. The van der Waals surface area contributed by atoms with E-state index in [0.717, 1.165) is 22.1 Å². The summed E-state index contributed by atoms with van der Waals surface area (Å²) in [4.78, 5) is 77.3. The Morgan fingerprint density at radius 2 is 1.24 bits per heavy atom. The quantitative estimate of drug-likeness (QED) is 0.0178. The molecule has 5 N–H and O–H groups in total. The summed E-state index contributed by atoms with van der Waals surface area (Å²) in [5.74, 6) is -1.11. The van der Waals surface area contributed by atoms with Crippen LogP contribution in [0.3, 0.4) is 0 Å². The Morgan fingerprint density at radius 3 is 1.84 bits per heavy atom. The summed E-state index contributed by atoms with van der Waals surface area (Å²) in [5, 5.41) is 24.2. The third-order valence-electron chi connectivity index (χ3n) is 15.9. The summed E-state index contributed by atoms with van der Waals surface area (Å²) in [7, 11) is 0. The number of urea groups is 1. The highest BCUT2D eigenvalue weighted by Crippen LogP contribution is 2.43. The number of amides is 6. The zero-order valence-electron chi connectivity index (χ0n) is 56.1. The van der Waals surface area contributed by atoms with Crippen molar-refractivity contribution in [1.29, 1.82) is 0 Å². The van der Waals surface area contributed by atoms with Crippen molar-refractivity contribution in [1.82, 2.24) is 30.4 Å². The maximum Gasteiger partial charge on any atom is 0.410 e. The Labute approximate surface area is 584 Å². The fourth-order valence-electron chi connectivity index (χ4n) is 11.1. The van der Waals surface area contributed by atoms with Crippen LogP contribution in [-0.2, 0) is 81.2 Å². The normalized spacial score (nSPS) is 14.9. The van der Waals surface area contributed by atoms with Crippen molar-refractivity contribution in [3.8, 4) is 16.9 Å². The molecule has 6 aromatic rings. The van der Waals surface area contributed by atoms with Gasteiger partial charge in [-0.1, -0.05) is 59.6 Å². The molecule has 0 radical (unpaired) electrons. The summed E-state index contributed by atoms with van der Waals surface area (Å²) in [6.07, 6.45) is 0.626.